The van der Waals surface area contributed by atoms with Crippen LogP contribution in [0.15, 0.2) is 36.5 Å². The molecule has 0 spiro atoms. The number of alkyl halides is 3. The van der Waals surface area contributed by atoms with Crippen LogP contribution in [0.2, 0.25) is 0 Å². The van der Waals surface area contributed by atoms with Crippen molar-refractivity contribution in [1.29, 1.82) is 0 Å². The molecule has 2 heterocycles. The molecule has 1 atom stereocenters. The first-order chi connectivity index (χ1) is 15.2. The van der Waals surface area contributed by atoms with Crippen molar-refractivity contribution in [1.82, 2.24) is 14.8 Å². The molecule has 0 radical (unpaired) electrons. The first-order valence-electron chi connectivity index (χ1n) is 9.41. The van der Waals surface area contributed by atoms with Gasteiger partial charge in [0.15, 0.2) is 5.75 Å². The minimum atomic E-state index is -5.05. The predicted molar refractivity (Wildman–Crippen MR) is 108 cm³/mol. The van der Waals surface area contributed by atoms with Crippen LogP contribution in [-0.4, -0.2) is 69.1 Å². The van der Waals surface area contributed by atoms with Gasteiger partial charge in [0, 0.05) is 55.8 Å². The van der Waals surface area contributed by atoms with Gasteiger partial charge in [0.25, 0.3) is 5.91 Å². The number of nitrogens with one attached hydrogen (secondary N) is 1. The second kappa shape index (κ2) is 10.1. The maximum atomic E-state index is 12.8. The smallest absolute Gasteiger partial charge is 0.573 e. The maximum absolute atomic E-state index is 12.8. The number of rotatable bonds is 7. The van der Waals surface area contributed by atoms with E-state index >= 15 is 0 Å². The highest BCUT2D eigenvalue weighted by molar-refractivity contribution is 7.80. The van der Waals surface area contributed by atoms with Crippen molar-refractivity contribution in [2.75, 3.05) is 38.0 Å². The van der Waals surface area contributed by atoms with E-state index in [0.29, 0.717) is 38.5 Å². The second-order valence-corrected chi connectivity index (χ2v) is 7.49. The lowest BCUT2D eigenvalue weighted by Crippen LogP contribution is -2.48. The molecule has 1 unspecified atom stereocenters. The average Bonchev–Trinajstić information content (AvgIpc) is 2.74. The van der Waals surface area contributed by atoms with Gasteiger partial charge in [-0.3, -0.25) is 18.9 Å². The summed E-state index contributed by atoms with van der Waals surface area (Å²) < 4.78 is 70.7. The van der Waals surface area contributed by atoms with Gasteiger partial charge in [0.2, 0.25) is 0 Å². The maximum Gasteiger partial charge on any atom is 0.573 e. The molecule has 3 rings (SSSR count). The highest BCUT2D eigenvalue weighted by Gasteiger charge is 2.33. The molecule has 1 saturated heterocycles. The zero-order chi connectivity index (χ0) is 23.3. The molecule has 9 nitrogen and oxygen atoms in total. The minimum absolute atomic E-state index is 0.0497. The van der Waals surface area contributed by atoms with Gasteiger partial charge in [-0.2, -0.15) is 0 Å². The average molecular weight is 473 g/mol. The largest absolute Gasteiger partial charge is 0.755 e. The Morgan fingerprint density at radius 1 is 1.22 bits per heavy atom. The van der Waals surface area contributed by atoms with Crippen LogP contribution in [0.4, 0.5) is 18.9 Å². The third-order valence-corrected chi connectivity index (χ3v) is 5.14. The zero-order valence-electron chi connectivity index (χ0n) is 16.9. The Labute approximate surface area is 184 Å². The normalized spacial score (nSPS) is 15.8. The fourth-order valence-corrected chi connectivity index (χ4v) is 3.62. The number of methoxy groups -OCH3 is 1. The summed E-state index contributed by atoms with van der Waals surface area (Å²) in [6.07, 6.45) is -3.39. The molecule has 2 aromatic rings. The standard InChI is InChI=1S/C19H21F3N4O5S/c1-30-16-3-2-6-23-15(16)12-25-7-9-26(10-8-25)18(27)13-4-5-14(24-32(28)29)17(11-13)31-19(20,21)22/h2-6,11,24H,7-10,12H2,1H3,(H,28,29)/p-1. The Morgan fingerprint density at radius 2 is 1.94 bits per heavy atom. The van der Waals surface area contributed by atoms with Crippen LogP contribution in [-0.2, 0) is 17.8 Å². The summed E-state index contributed by atoms with van der Waals surface area (Å²) in [5.74, 6) is -0.633. The molecule has 174 valence electrons. The Morgan fingerprint density at radius 3 is 2.56 bits per heavy atom. The van der Waals surface area contributed by atoms with E-state index in [4.69, 9.17) is 4.74 Å². The minimum Gasteiger partial charge on any atom is -0.755 e. The van der Waals surface area contributed by atoms with Crippen molar-refractivity contribution in [2.45, 2.75) is 12.9 Å². The molecule has 32 heavy (non-hydrogen) atoms. The number of carbonyl (C=O) groups is 1. The van der Waals surface area contributed by atoms with E-state index in [1.54, 1.807) is 19.4 Å². The Bertz CT molecular complexity index is 984. The molecule has 13 heteroatoms. The van der Waals surface area contributed by atoms with Crippen molar-refractivity contribution in [2.24, 2.45) is 0 Å². The summed E-state index contributed by atoms with van der Waals surface area (Å²) in [6, 6.07) is 6.74. The molecule has 1 amide bonds. The van der Waals surface area contributed by atoms with Crippen molar-refractivity contribution in [3.05, 3.63) is 47.8 Å². The van der Waals surface area contributed by atoms with Gasteiger partial charge in [-0.1, -0.05) is 0 Å². The third-order valence-electron chi connectivity index (χ3n) is 4.75. The fraction of sp³-hybridized carbons (Fsp3) is 0.368. The molecular weight excluding hydrogens is 453 g/mol. The summed E-state index contributed by atoms with van der Waals surface area (Å²) in [5.41, 5.74) is 0.287. The molecule has 1 N–H and O–H groups in total. The number of nitrogens with zero attached hydrogens (tertiary/aromatic N) is 3. The molecule has 1 fully saturated rings. The number of aromatic nitrogens is 1. The summed E-state index contributed by atoms with van der Waals surface area (Å²) in [4.78, 5) is 20.7. The van der Waals surface area contributed by atoms with Crippen molar-refractivity contribution in [3.8, 4) is 11.5 Å². The Balaban J connectivity index is 1.67. The van der Waals surface area contributed by atoms with Crippen LogP contribution in [0.3, 0.4) is 0 Å². The topological polar surface area (TPSA) is 107 Å². The number of amides is 1. The molecule has 1 aliphatic heterocycles. The van der Waals surface area contributed by atoms with E-state index in [0.717, 1.165) is 17.8 Å². The summed E-state index contributed by atoms with van der Waals surface area (Å²) >= 11 is -2.86. The van der Waals surface area contributed by atoms with Crippen LogP contribution < -0.4 is 14.2 Å². The van der Waals surface area contributed by atoms with Gasteiger partial charge in [0.1, 0.15) is 5.75 Å². The lowest BCUT2D eigenvalue weighted by molar-refractivity contribution is -0.274. The second-order valence-electron chi connectivity index (χ2n) is 6.82. The van der Waals surface area contributed by atoms with Gasteiger partial charge in [-0.25, -0.2) is 0 Å². The highest BCUT2D eigenvalue weighted by Crippen LogP contribution is 2.32. The quantitative estimate of drug-likeness (QED) is 0.614. The zero-order valence-corrected chi connectivity index (χ0v) is 17.7. The van der Waals surface area contributed by atoms with E-state index in [9.17, 15) is 26.7 Å². The number of anilines is 1. The summed E-state index contributed by atoms with van der Waals surface area (Å²) in [5, 5.41) is 0. The van der Waals surface area contributed by atoms with E-state index in [1.165, 1.54) is 11.0 Å². The molecule has 1 aromatic heterocycles. The lowest BCUT2D eigenvalue weighted by Gasteiger charge is -2.34. The molecule has 0 bridgehead atoms. The number of halogens is 3. The lowest BCUT2D eigenvalue weighted by atomic mass is 10.1. The number of ether oxygens (including phenoxy) is 2. The predicted octanol–water partition coefficient (Wildman–Crippen LogP) is 2.15. The number of hydrogen-bond donors (Lipinski definition) is 1. The van der Waals surface area contributed by atoms with Gasteiger partial charge in [-0.05, 0) is 30.3 Å². The molecule has 1 aromatic carbocycles. The first-order valence-corrected chi connectivity index (χ1v) is 10.5. The number of pyridine rings is 1. The van der Waals surface area contributed by atoms with Crippen LogP contribution in [0.1, 0.15) is 16.1 Å². The molecule has 1 aliphatic rings. The van der Waals surface area contributed by atoms with Crippen LogP contribution in [0, 0.1) is 0 Å². The van der Waals surface area contributed by atoms with Crippen LogP contribution >= 0.6 is 0 Å². The van der Waals surface area contributed by atoms with Crippen molar-refractivity contribution < 1.29 is 36.2 Å². The fourth-order valence-electron chi connectivity index (χ4n) is 3.27. The number of hydrogen-bond acceptors (Lipinski definition) is 7. The molecule has 0 saturated carbocycles. The van der Waals surface area contributed by atoms with E-state index < -0.39 is 35.0 Å². The molecular formula is C19H20F3N4O5S-. The Hall–Kier alpha value is -2.90. The monoisotopic (exact) mass is 473 g/mol. The van der Waals surface area contributed by atoms with Crippen molar-refractivity contribution >= 4 is 22.9 Å². The van der Waals surface area contributed by atoms with E-state index in [1.807, 2.05) is 10.8 Å². The SMILES string of the molecule is COc1cccnc1CN1CCN(C(=O)c2ccc(NS(=O)[O-])c(OC(F)(F)F)c2)CC1. The van der Waals surface area contributed by atoms with Crippen LogP contribution in [0.5, 0.6) is 11.5 Å². The van der Waals surface area contributed by atoms with Gasteiger partial charge in [-0.15, -0.1) is 13.2 Å². The number of benzene rings is 1. The Kier molecular flexibility index (Phi) is 7.53. The third kappa shape index (κ3) is 6.31. The first kappa shape index (κ1) is 23.8. The van der Waals surface area contributed by atoms with Gasteiger partial charge < -0.3 is 23.6 Å². The molecule has 0 aliphatic carbocycles. The van der Waals surface area contributed by atoms with Gasteiger partial charge in [0.05, 0.1) is 18.5 Å². The van der Waals surface area contributed by atoms with Crippen LogP contribution in [0.25, 0.3) is 0 Å². The summed E-state index contributed by atoms with van der Waals surface area (Å²) in [6.45, 7) is 2.31. The van der Waals surface area contributed by atoms with Crippen molar-refractivity contribution in [3.63, 3.8) is 0 Å². The van der Waals surface area contributed by atoms with E-state index in [-0.39, 0.29) is 5.56 Å². The summed E-state index contributed by atoms with van der Waals surface area (Å²) in [7, 11) is 1.56. The number of carbonyl (C=O) groups excluding carboxylic acids is 1. The number of piperazine rings is 1. The highest BCUT2D eigenvalue weighted by atomic mass is 32.2. The van der Waals surface area contributed by atoms with E-state index in [2.05, 4.69) is 14.6 Å². The van der Waals surface area contributed by atoms with Gasteiger partial charge >= 0.3 is 6.36 Å².